The van der Waals surface area contributed by atoms with Crippen LogP contribution < -0.4 is 5.19 Å². The minimum Gasteiger partial charge on any atom is -0.125 e. The van der Waals surface area contributed by atoms with Crippen LogP contribution in [0.2, 0.25) is 0 Å². The third kappa shape index (κ3) is 2.76. The van der Waals surface area contributed by atoms with E-state index in [0.29, 0.717) is 0 Å². The molecule has 0 saturated heterocycles. The number of hydrogen-bond donors (Lipinski definition) is 0. The molecule has 0 aliphatic carbocycles. The summed E-state index contributed by atoms with van der Waals surface area (Å²) in [4.78, 5) is 0. The van der Waals surface area contributed by atoms with Gasteiger partial charge in [-0.25, -0.2) is 0 Å². The largest absolute Gasteiger partial charge is 0.176 e. The van der Waals surface area contributed by atoms with E-state index in [1.54, 1.807) is 0 Å². The molecule has 0 nitrogen and oxygen atoms in total. The Morgan fingerprint density at radius 1 is 1.33 bits per heavy atom. The summed E-state index contributed by atoms with van der Waals surface area (Å²) in [7, 11) is 0.753. The molecule has 12 heavy (non-hydrogen) atoms. The Balaban J connectivity index is 2.68. The minimum absolute atomic E-state index is 0.753. The lowest BCUT2D eigenvalue weighted by Gasteiger charge is -2.04. The van der Waals surface area contributed by atoms with Crippen LogP contribution in [-0.4, -0.2) is 8.14 Å². The van der Waals surface area contributed by atoms with Crippen LogP contribution >= 0.6 is 15.3 Å². The zero-order valence-corrected chi connectivity index (χ0v) is 9.89. The predicted octanol–water partition coefficient (Wildman–Crippen LogP) is 2.67. The van der Waals surface area contributed by atoms with Gasteiger partial charge in [0.15, 0.2) is 8.14 Å². The highest BCUT2D eigenvalue weighted by Crippen LogP contribution is 2.02. The summed E-state index contributed by atoms with van der Waals surface area (Å²) in [6, 6.07) is 8.68. The molecule has 1 aromatic carbocycles. The molecule has 64 valence electrons. The second kappa shape index (κ2) is 5.54. The van der Waals surface area contributed by atoms with Crippen LogP contribution in [0, 0.1) is 0 Å². The summed E-state index contributed by atoms with van der Waals surface area (Å²) in [6.45, 7) is 2.24. The van der Waals surface area contributed by atoms with E-state index in [9.17, 15) is 0 Å². The van der Waals surface area contributed by atoms with E-state index in [4.69, 9.17) is 0 Å². The zero-order chi connectivity index (χ0) is 8.81. The first-order chi connectivity index (χ1) is 5.88. The van der Waals surface area contributed by atoms with Crippen molar-refractivity contribution >= 4 is 28.6 Å². The SMILES string of the molecule is CCCCc1ccccc1[Si]Br. The molecule has 0 fully saturated rings. The van der Waals surface area contributed by atoms with Gasteiger partial charge in [0.25, 0.3) is 0 Å². The molecule has 0 amide bonds. The average Bonchev–Trinajstić information content (AvgIpc) is 2.15. The molecule has 0 aliphatic rings. The molecular weight excluding hydrogens is 228 g/mol. The maximum Gasteiger partial charge on any atom is 0.176 e. The van der Waals surface area contributed by atoms with Crippen molar-refractivity contribution in [2.75, 3.05) is 0 Å². The molecular formula is C10H13BrSi. The van der Waals surface area contributed by atoms with E-state index in [1.165, 1.54) is 30.0 Å². The smallest absolute Gasteiger partial charge is 0.125 e. The molecule has 2 heteroatoms. The number of halogens is 1. The highest BCUT2D eigenvalue weighted by atomic mass is 79.9. The third-order valence-electron chi connectivity index (χ3n) is 1.92. The highest BCUT2D eigenvalue weighted by molar-refractivity contribution is 9.23. The van der Waals surface area contributed by atoms with Gasteiger partial charge >= 0.3 is 0 Å². The Kier molecular flexibility index (Phi) is 4.62. The van der Waals surface area contributed by atoms with Gasteiger partial charge in [0.05, 0.1) is 0 Å². The topological polar surface area (TPSA) is 0 Å². The van der Waals surface area contributed by atoms with Gasteiger partial charge in [0, 0.05) is 0 Å². The molecule has 0 saturated carbocycles. The summed E-state index contributed by atoms with van der Waals surface area (Å²) >= 11 is 3.53. The van der Waals surface area contributed by atoms with E-state index >= 15 is 0 Å². The van der Waals surface area contributed by atoms with Crippen molar-refractivity contribution in [1.29, 1.82) is 0 Å². The van der Waals surface area contributed by atoms with Crippen LogP contribution in [0.25, 0.3) is 0 Å². The number of unbranched alkanes of at least 4 members (excludes halogenated alkanes) is 1. The fraction of sp³-hybridized carbons (Fsp3) is 0.400. The van der Waals surface area contributed by atoms with Crippen molar-refractivity contribution in [3.05, 3.63) is 29.8 Å². The molecule has 1 aromatic rings. The van der Waals surface area contributed by atoms with Gasteiger partial charge < -0.3 is 0 Å². The van der Waals surface area contributed by atoms with Gasteiger partial charge in [-0.1, -0.05) is 37.6 Å². The van der Waals surface area contributed by atoms with Crippen molar-refractivity contribution in [3.63, 3.8) is 0 Å². The Bertz CT molecular complexity index is 235. The summed E-state index contributed by atoms with van der Waals surface area (Å²) in [5.74, 6) is 0. The standard InChI is InChI=1S/C10H13BrSi/c1-2-3-6-9-7-4-5-8-10(9)12-11/h4-5,7-8H,2-3,6H2,1H3. The summed E-state index contributed by atoms with van der Waals surface area (Å²) in [6.07, 6.45) is 3.81. The number of hydrogen-bond acceptors (Lipinski definition) is 0. The molecule has 0 aliphatic heterocycles. The molecule has 2 radical (unpaired) electrons. The number of benzene rings is 1. The van der Waals surface area contributed by atoms with Crippen LogP contribution in [0.3, 0.4) is 0 Å². The van der Waals surface area contributed by atoms with Gasteiger partial charge in [0.2, 0.25) is 0 Å². The van der Waals surface area contributed by atoms with Gasteiger partial charge in [0.1, 0.15) is 0 Å². The van der Waals surface area contributed by atoms with Gasteiger partial charge in [-0.15, -0.1) is 15.3 Å². The molecule has 0 atom stereocenters. The normalized spacial score (nSPS) is 10.2. The first-order valence-corrected chi connectivity index (χ1v) is 7.58. The second-order valence-corrected chi connectivity index (χ2v) is 4.77. The summed E-state index contributed by atoms with van der Waals surface area (Å²) in [5, 5.41) is 1.46. The predicted molar refractivity (Wildman–Crippen MR) is 59.4 cm³/mol. The van der Waals surface area contributed by atoms with Crippen molar-refractivity contribution in [2.24, 2.45) is 0 Å². The first-order valence-electron chi connectivity index (χ1n) is 4.33. The van der Waals surface area contributed by atoms with E-state index < -0.39 is 0 Å². The molecule has 1 rings (SSSR count). The van der Waals surface area contributed by atoms with Gasteiger partial charge in [-0.3, -0.25) is 0 Å². The molecule has 0 spiro atoms. The van der Waals surface area contributed by atoms with E-state index in [2.05, 4.69) is 46.5 Å². The van der Waals surface area contributed by atoms with E-state index in [1.807, 2.05) is 0 Å². The summed E-state index contributed by atoms with van der Waals surface area (Å²) < 4.78 is 0. The first kappa shape index (κ1) is 10.0. The van der Waals surface area contributed by atoms with Crippen molar-refractivity contribution in [1.82, 2.24) is 0 Å². The van der Waals surface area contributed by atoms with E-state index in [0.717, 1.165) is 8.14 Å². The van der Waals surface area contributed by atoms with E-state index in [-0.39, 0.29) is 0 Å². The molecule has 0 heterocycles. The highest BCUT2D eigenvalue weighted by Gasteiger charge is 1.99. The maximum atomic E-state index is 3.53. The van der Waals surface area contributed by atoms with Crippen molar-refractivity contribution < 1.29 is 0 Å². The third-order valence-corrected chi connectivity index (χ3v) is 3.89. The number of aryl methyl sites for hydroxylation is 1. The van der Waals surface area contributed by atoms with Crippen molar-refractivity contribution in [3.8, 4) is 0 Å². The summed E-state index contributed by atoms with van der Waals surface area (Å²) in [5.41, 5.74) is 1.51. The quantitative estimate of drug-likeness (QED) is 0.561. The van der Waals surface area contributed by atoms with Gasteiger partial charge in [-0.05, 0) is 23.6 Å². The lowest BCUT2D eigenvalue weighted by molar-refractivity contribution is 0.798. The zero-order valence-electron chi connectivity index (χ0n) is 7.31. The Morgan fingerprint density at radius 2 is 2.08 bits per heavy atom. The molecule has 0 unspecified atom stereocenters. The Morgan fingerprint density at radius 3 is 2.75 bits per heavy atom. The van der Waals surface area contributed by atoms with Crippen LogP contribution in [0.5, 0.6) is 0 Å². The fourth-order valence-electron chi connectivity index (χ4n) is 1.20. The van der Waals surface area contributed by atoms with Crippen LogP contribution in [0.1, 0.15) is 25.3 Å². The fourth-order valence-corrected chi connectivity index (χ4v) is 2.85. The van der Waals surface area contributed by atoms with Crippen LogP contribution in [0.4, 0.5) is 0 Å². The van der Waals surface area contributed by atoms with Crippen LogP contribution in [-0.2, 0) is 6.42 Å². The Hall–Kier alpha value is -0.0831. The lowest BCUT2D eigenvalue weighted by Crippen LogP contribution is -2.14. The monoisotopic (exact) mass is 240 g/mol. The molecule has 0 aromatic heterocycles. The molecule has 0 bridgehead atoms. The molecule has 0 N–H and O–H groups in total. The maximum absolute atomic E-state index is 3.53. The van der Waals surface area contributed by atoms with Gasteiger partial charge in [-0.2, -0.15) is 0 Å². The average molecular weight is 241 g/mol. The lowest BCUT2D eigenvalue weighted by atomic mass is 10.1. The van der Waals surface area contributed by atoms with Crippen molar-refractivity contribution in [2.45, 2.75) is 26.2 Å². The second-order valence-electron chi connectivity index (χ2n) is 2.86. The number of rotatable bonds is 4. The minimum atomic E-state index is 0.753. The van der Waals surface area contributed by atoms with Crippen LogP contribution in [0.15, 0.2) is 24.3 Å². The Labute approximate surface area is 84.8 Å².